The summed E-state index contributed by atoms with van der Waals surface area (Å²) in [5.41, 5.74) is 3.62. The van der Waals surface area contributed by atoms with Gasteiger partial charge in [-0.05, 0) is 12.1 Å². The van der Waals surface area contributed by atoms with Crippen LogP contribution in [0.2, 0.25) is 0 Å². The van der Waals surface area contributed by atoms with Gasteiger partial charge in [0.25, 0.3) is 0 Å². The van der Waals surface area contributed by atoms with E-state index in [0.717, 1.165) is 0 Å². The molecule has 0 bridgehead atoms. The second-order valence-electron chi connectivity index (χ2n) is 2.88. The molecule has 2 aromatic rings. The lowest BCUT2D eigenvalue weighted by molar-refractivity contribution is -0.278. The van der Waals surface area contributed by atoms with E-state index in [2.05, 4.69) is 5.73 Å². The zero-order valence-electron chi connectivity index (χ0n) is 7.32. The first-order valence-corrected chi connectivity index (χ1v) is 4.07. The van der Waals surface area contributed by atoms with Gasteiger partial charge in [0.2, 0.25) is 5.43 Å². The van der Waals surface area contributed by atoms with E-state index in [1.54, 1.807) is 24.3 Å². The van der Waals surface area contributed by atoms with Crippen molar-refractivity contribution in [1.82, 2.24) is 0 Å². The van der Waals surface area contributed by atoms with E-state index >= 15 is 0 Å². The van der Waals surface area contributed by atoms with Crippen LogP contribution in [0.25, 0.3) is 11.0 Å². The number of benzene rings is 1. The van der Waals surface area contributed by atoms with Crippen LogP contribution in [0.3, 0.4) is 0 Å². The van der Waals surface area contributed by atoms with E-state index in [9.17, 15) is 9.59 Å². The summed E-state index contributed by atoms with van der Waals surface area (Å²) in [6, 6.07) is 6.76. The summed E-state index contributed by atoms with van der Waals surface area (Å²) in [4.78, 5) is 22.2. The van der Waals surface area contributed by atoms with Crippen LogP contribution in [0.15, 0.2) is 33.5 Å². The Hall–Kier alpha value is -1.94. The van der Waals surface area contributed by atoms with Gasteiger partial charge in [0, 0.05) is 0 Å². The average molecular weight is 190 g/mol. The molecule has 0 unspecified atom stereocenters. The van der Waals surface area contributed by atoms with Crippen molar-refractivity contribution in [3.63, 3.8) is 0 Å². The Balaban J connectivity index is 3.00. The van der Waals surface area contributed by atoms with Crippen LogP contribution in [0.4, 0.5) is 5.88 Å². The second-order valence-corrected chi connectivity index (χ2v) is 2.88. The maximum absolute atomic E-state index is 11.6. The number of carbonyl (C=O) groups excluding carboxylic acids is 1. The van der Waals surface area contributed by atoms with Crippen molar-refractivity contribution in [2.45, 2.75) is 0 Å². The predicted octanol–water partition coefficient (Wildman–Crippen LogP) is 0.479. The number of rotatable bonds is 1. The number of para-hydroxylation sites is 1. The molecule has 2 rings (SSSR count). The maximum atomic E-state index is 11.6. The molecule has 0 amide bonds. The van der Waals surface area contributed by atoms with Gasteiger partial charge in [0.1, 0.15) is 5.58 Å². The Morgan fingerprint density at radius 3 is 2.71 bits per heavy atom. The van der Waals surface area contributed by atoms with Gasteiger partial charge in [0.05, 0.1) is 5.39 Å². The molecule has 0 atom stereocenters. The molecule has 1 heterocycles. The highest BCUT2D eigenvalue weighted by molar-refractivity contribution is 5.87. The molecule has 0 saturated heterocycles. The monoisotopic (exact) mass is 190 g/mol. The highest BCUT2D eigenvalue weighted by Crippen LogP contribution is 2.14. The minimum atomic E-state index is -0.327. The highest BCUT2D eigenvalue weighted by Gasteiger charge is 2.12. The van der Waals surface area contributed by atoms with Crippen molar-refractivity contribution in [2.24, 2.45) is 0 Å². The van der Waals surface area contributed by atoms with Gasteiger partial charge in [-0.15, -0.1) is 0 Å². The minimum Gasteiger partial charge on any atom is -0.411 e. The third kappa shape index (κ3) is 1.13. The molecule has 0 aliphatic carbocycles. The van der Waals surface area contributed by atoms with Crippen molar-refractivity contribution < 1.29 is 14.9 Å². The first-order chi connectivity index (χ1) is 6.74. The molecule has 0 saturated carbocycles. The summed E-state index contributed by atoms with van der Waals surface area (Å²) in [6.07, 6.45) is 0.473. The molecule has 1 aromatic carbocycles. The molecule has 0 aliphatic rings. The van der Waals surface area contributed by atoms with Crippen molar-refractivity contribution >= 4 is 23.1 Å². The fourth-order valence-corrected chi connectivity index (χ4v) is 1.32. The van der Waals surface area contributed by atoms with Crippen molar-refractivity contribution in [2.75, 3.05) is 0 Å². The summed E-state index contributed by atoms with van der Waals surface area (Å²) < 4.78 is 5.22. The van der Waals surface area contributed by atoms with E-state index in [0.29, 0.717) is 17.3 Å². The summed E-state index contributed by atoms with van der Waals surface area (Å²) in [7, 11) is 0. The van der Waals surface area contributed by atoms with E-state index in [1.165, 1.54) is 0 Å². The highest BCUT2D eigenvalue weighted by atomic mass is 16.3. The number of hydrogen-bond donors (Lipinski definition) is 1. The summed E-state index contributed by atoms with van der Waals surface area (Å²) >= 11 is 0. The maximum Gasteiger partial charge on any atom is 0.306 e. The number of fused-ring (bicyclic) bond motifs is 1. The number of aldehydes is 1. The van der Waals surface area contributed by atoms with E-state index < -0.39 is 0 Å². The Labute approximate surface area is 78.9 Å². The average Bonchev–Trinajstić information content (AvgIpc) is 2.18. The van der Waals surface area contributed by atoms with Gasteiger partial charge in [0.15, 0.2) is 11.8 Å². The lowest BCUT2D eigenvalue weighted by atomic mass is 10.2. The molecule has 70 valence electrons. The van der Waals surface area contributed by atoms with Crippen molar-refractivity contribution in [3.05, 3.63) is 40.1 Å². The lowest BCUT2D eigenvalue weighted by Gasteiger charge is -1.97. The fourth-order valence-electron chi connectivity index (χ4n) is 1.32. The SMILES string of the molecule is [NH3+]c1oc2ccccc2c(=O)c1C=O. The summed E-state index contributed by atoms with van der Waals surface area (Å²) in [5, 5.41) is 0.405. The fraction of sp³-hybridized carbons (Fsp3) is 0. The quantitative estimate of drug-likeness (QED) is 0.664. The van der Waals surface area contributed by atoms with Crippen LogP contribution in [0.5, 0.6) is 0 Å². The van der Waals surface area contributed by atoms with Crippen LogP contribution >= 0.6 is 0 Å². The van der Waals surface area contributed by atoms with Crippen molar-refractivity contribution in [1.29, 1.82) is 0 Å². The first-order valence-electron chi connectivity index (χ1n) is 4.07. The lowest BCUT2D eigenvalue weighted by Crippen LogP contribution is -2.43. The van der Waals surface area contributed by atoms with E-state index in [1.807, 2.05) is 0 Å². The summed E-state index contributed by atoms with van der Waals surface area (Å²) in [5.74, 6) is 0.115. The van der Waals surface area contributed by atoms with E-state index in [4.69, 9.17) is 4.42 Å². The van der Waals surface area contributed by atoms with Gasteiger partial charge < -0.3 is 4.42 Å². The van der Waals surface area contributed by atoms with Gasteiger partial charge in [-0.2, -0.15) is 0 Å². The van der Waals surface area contributed by atoms with Gasteiger partial charge >= 0.3 is 5.88 Å². The zero-order chi connectivity index (χ0) is 10.1. The molecule has 0 spiro atoms. The zero-order valence-corrected chi connectivity index (χ0v) is 7.32. The van der Waals surface area contributed by atoms with Crippen LogP contribution in [0, 0.1) is 0 Å². The summed E-state index contributed by atoms with van der Waals surface area (Å²) in [6.45, 7) is 0. The third-order valence-corrected chi connectivity index (χ3v) is 2.03. The molecule has 4 nitrogen and oxygen atoms in total. The Kier molecular flexibility index (Phi) is 1.90. The molecule has 0 aliphatic heterocycles. The van der Waals surface area contributed by atoms with Crippen LogP contribution in [0.1, 0.15) is 10.4 Å². The Morgan fingerprint density at radius 1 is 1.29 bits per heavy atom. The predicted molar refractivity (Wildman–Crippen MR) is 50.4 cm³/mol. The van der Waals surface area contributed by atoms with Crippen LogP contribution < -0.4 is 11.2 Å². The van der Waals surface area contributed by atoms with Gasteiger partial charge in [-0.3, -0.25) is 15.3 Å². The number of hydrogen-bond acceptors (Lipinski definition) is 3. The minimum absolute atomic E-state index is 0.0105. The van der Waals surface area contributed by atoms with Gasteiger partial charge in [-0.1, -0.05) is 12.1 Å². The Bertz CT molecular complexity index is 557. The third-order valence-electron chi connectivity index (χ3n) is 2.03. The standard InChI is InChI=1S/C10H7NO3/c11-10-7(5-12)9(13)6-3-1-2-4-8(6)14-10/h1-5H,11H2/p+1. The molecule has 14 heavy (non-hydrogen) atoms. The smallest absolute Gasteiger partial charge is 0.306 e. The normalized spacial score (nSPS) is 10.4. The molecule has 1 aromatic heterocycles. The Morgan fingerprint density at radius 2 is 2.00 bits per heavy atom. The van der Waals surface area contributed by atoms with Crippen LogP contribution in [-0.4, -0.2) is 6.29 Å². The van der Waals surface area contributed by atoms with Crippen molar-refractivity contribution in [3.8, 4) is 0 Å². The topological polar surface area (TPSA) is 74.9 Å². The molecular formula is C10H8NO3+. The largest absolute Gasteiger partial charge is 0.411 e. The number of quaternary nitrogens is 1. The first kappa shape index (κ1) is 8.65. The molecule has 0 fully saturated rings. The van der Waals surface area contributed by atoms with E-state index in [-0.39, 0.29) is 16.9 Å². The second kappa shape index (κ2) is 3.08. The van der Waals surface area contributed by atoms with Crippen LogP contribution in [-0.2, 0) is 0 Å². The molecular weight excluding hydrogens is 182 g/mol. The molecule has 0 radical (unpaired) electrons. The molecule has 4 heteroatoms. The van der Waals surface area contributed by atoms with Gasteiger partial charge in [-0.25, -0.2) is 0 Å². The molecule has 3 N–H and O–H groups in total. The number of carbonyl (C=O) groups is 1.